The van der Waals surface area contributed by atoms with Crippen molar-refractivity contribution in [3.05, 3.63) is 40.9 Å². The molecule has 0 saturated carbocycles. The summed E-state index contributed by atoms with van der Waals surface area (Å²) in [4.78, 5) is 0. The number of nitrogens with zero attached hydrogens (tertiary/aromatic N) is 1. The zero-order valence-corrected chi connectivity index (χ0v) is 19.0. The van der Waals surface area contributed by atoms with Crippen molar-refractivity contribution < 1.29 is 9.47 Å². The van der Waals surface area contributed by atoms with Crippen LogP contribution in [0, 0.1) is 17.2 Å². The molecule has 3 atom stereocenters. The van der Waals surface area contributed by atoms with Gasteiger partial charge in [0.15, 0.2) is 0 Å². The maximum atomic E-state index is 9.73. The number of benzene rings is 2. The number of nitrogens with one attached hydrogen (secondary N) is 3. The average molecular weight is 456 g/mol. The molecule has 32 heavy (non-hydrogen) atoms. The molecule has 7 nitrogen and oxygen atoms in total. The minimum absolute atomic E-state index is 0.233. The Morgan fingerprint density at radius 1 is 1.22 bits per heavy atom. The molecule has 2 aliphatic heterocycles. The zero-order valence-electron chi connectivity index (χ0n) is 18.3. The second-order valence-electron chi connectivity index (χ2n) is 8.25. The maximum absolute atomic E-state index is 9.73. The van der Waals surface area contributed by atoms with E-state index in [4.69, 9.17) is 26.8 Å². The van der Waals surface area contributed by atoms with Crippen LogP contribution in [0.4, 0.5) is 17.1 Å². The molecule has 0 bridgehead atoms. The lowest BCUT2D eigenvalue weighted by Gasteiger charge is -2.33. The molecule has 2 aromatic carbocycles. The number of ether oxygens (including phenoxy) is 2. The normalized spacial score (nSPS) is 22.2. The fraction of sp³-hybridized carbons (Fsp3) is 0.458. The average Bonchev–Trinajstić information content (AvgIpc) is 2.80. The second-order valence-corrected chi connectivity index (χ2v) is 8.66. The summed E-state index contributed by atoms with van der Waals surface area (Å²) >= 11 is 6.52. The van der Waals surface area contributed by atoms with Gasteiger partial charge in [0.1, 0.15) is 18.1 Å². The van der Waals surface area contributed by atoms with Crippen molar-refractivity contribution in [3.63, 3.8) is 0 Å². The third kappa shape index (κ3) is 4.98. The van der Waals surface area contributed by atoms with Crippen LogP contribution in [-0.2, 0) is 0 Å². The molecule has 2 heterocycles. The van der Waals surface area contributed by atoms with E-state index in [2.05, 4.69) is 22.0 Å². The first-order chi connectivity index (χ1) is 15.6. The van der Waals surface area contributed by atoms with E-state index in [0.29, 0.717) is 48.0 Å². The first-order valence-corrected chi connectivity index (χ1v) is 11.6. The first kappa shape index (κ1) is 22.4. The summed E-state index contributed by atoms with van der Waals surface area (Å²) in [5.41, 5.74) is 9.43. The van der Waals surface area contributed by atoms with Crippen LogP contribution in [-0.4, -0.2) is 32.3 Å². The number of nitrogen functional groups attached to an aromatic ring is 1. The minimum atomic E-state index is -0.271. The largest absolute Gasteiger partial charge is 0.492 e. The quantitative estimate of drug-likeness (QED) is 0.453. The summed E-state index contributed by atoms with van der Waals surface area (Å²) in [6.07, 6.45) is 3.57. The molecule has 8 heteroatoms. The lowest BCUT2D eigenvalue weighted by atomic mass is 9.88. The SMILES string of the molecule is CCOc1cc2c(cc1N)C(Nc1ccc(OCC3CCCCN3)c(Cl)c1)C(C#N)CN2. The van der Waals surface area contributed by atoms with E-state index in [9.17, 15) is 5.26 Å². The first-order valence-electron chi connectivity index (χ1n) is 11.2. The topological polar surface area (TPSA) is 104 Å². The molecule has 3 unspecified atom stereocenters. The number of halogens is 1. The summed E-state index contributed by atoms with van der Waals surface area (Å²) < 4.78 is 11.6. The van der Waals surface area contributed by atoms with Crippen molar-refractivity contribution in [2.75, 3.05) is 42.7 Å². The molecule has 0 aromatic heterocycles. The Bertz CT molecular complexity index is 987. The molecule has 0 radical (unpaired) electrons. The van der Waals surface area contributed by atoms with E-state index < -0.39 is 0 Å². The Morgan fingerprint density at radius 2 is 2.09 bits per heavy atom. The van der Waals surface area contributed by atoms with Crippen molar-refractivity contribution in [3.8, 4) is 17.6 Å². The van der Waals surface area contributed by atoms with E-state index in [1.54, 1.807) is 0 Å². The molecule has 170 valence electrons. The lowest BCUT2D eigenvalue weighted by Crippen LogP contribution is -2.38. The van der Waals surface area contributed by atoms with Crippen LogP contribution in [0.2, 0.25) is 5.02 Å². The predicted octanol–water partition coefficient (Wildman–Crippen LogP) is 4.56. The Morgan fingerprint density at radius 3 is 2.81 bits per heavy atom. The van der Waals surface area contributed by atoms with Crippen molar-refractivity contribution in [1.82, 2.24) is 5.32 Å². The van der Waals surface area contributed by atoms with E-state index in [1.807, 2.05) is 37.3 Å². The molecule has 0 aliphatic carbocycles. The number of hydrogen-bond acceptors (Lipinski definition) is 7. The molecule has 1 fully saturated rings. The van der Waals surface area contributed by atoms with Crippen molar-refractivity contribution in [2.45, 2.75) is 38.3 Å². The van der Waals surface area contributed by atoms with Crippen molar-refractivity contribution in [1.29, 1.82) is 5.26 Å². The van der Waals surface area contributed by atoms with Gasteiger partial charge in [-0.15, -0.1) is 0 Å². The summed E-state index contributed by atoms with van der Waals surface area (Å²) in [6.45, 7) is 4.63. The highest BCUT2D eigenvalue weighted by atomic mass is 35.5. The van der Waals surface area contributed by atoms with Crippen LogP contribution in [0.25, 0.3) is 0 Å². The molecular weight excluding hydrogens is 426 g/mol. The maximum Gasteiger partial charge on any atom is 0.144 e. The standard InChI is InChI=1S/C24H30ClN5O2/c1-2-31-23-11-21-18(10-20(23)27)24(15(12-26)13-29-21)30-16-6-7-22(19(25)9-16)32-14-17-5-3-4-8-28-17/h6-7,9-11,15,17,24,28-30H,2-5,8,13-14,27H2,1H3. The van der Waals surface area contributed by atoms with Gasteiger partial charge in [0.25, 0.3) is 0 Å². The number of rotatable bonds is 7. The molecule has 0 amide bonds. The number of piperidine rings is 1. The second kappa shape index (κ2) is 10.2. The van der Waals surface area contributed by atoms with Crippen LogP contribution in [0.1, 0.15) is 37.8 Å². The number of anilines is 3. The van der Waals surface area contributed by atoms with Gasteiger partial charge in [-0.3, -0.25) is 0 Å². The highest BCUT2D eigenvalue weighted by Gasteiger charge is 2.31. The Hall–Kier alpha value is -2.82. The third-order valence-corrected chi connectivity index (χ3v) is 6.30. The zero-order chi connectivity index (χ0) is 22.5. The fourth-order valence-corrected chi connectivity index (χ4v) is 4.54. The molecule has 2 aliphatic rings. The van der Waals surface area contributed by atoms with Crippen molar-refractivity contribution >= 4 is 28.7 Å². The predicted molar refractivity (Wildman–Crippen MR) is 129 cm³/mol. The van der Waals surface area contributed by atoms with Crippen LogP contribution in [0.15, 0.2) is 30.3 Å². The van der Waals surface area contributed by atoms with Gasteiger partial charge in [0.05, 0.1) is 35.3 Å². The van der Waals surface area contributed by atoms with Gasteiger partial charge in [0.2, 0.25) is 0 Å². The lowest BCUT2D eigenvalue weighted by molar-refractivity contribution is 0.239. The minimum Gasteiger partial charge on any atom is -0.492 e. The summed E-state index contributed by atoms with van der Waals surface area (Å²) in [6, 6.07) is 12.0. The highest BCUT2D eigenvalue weighted by molar-refractivity contribution is 6.32. The van der Waals surface area contributed by atoms with E-state index in [-0.39, 0.29) is 12.0 Å². The fourth-order valence-electron chi connectivity index (χ4n) is 4.30. The molecule has 4 rings (SSSR count). The number of nitrogens with two attached hydrogens (primary N) is 1. The number of hydrogen-bond donors (Lipinski definition) is 4. The van der Waals surface area contributed by atoms with Crippen molar-refractivity contribution in [2.24, 2.45) is 5.92 Å². The molecule has 2 aromatic rings. The van der Waals surface area contributed by atoms with E-state index in [0.717, 1.165) is 29.9 Å². The number of fused-ring (bicyclic) bond motifs is 1. The number of nitriles is 1. The monoisotopic (exact) mass is 455 g/mol. The van der Waals surface area contributed by atoms with Gasteiger partial charge in [-0.25, -0.2) is 0 Å². The van der Waals surface area contributed by atoms with Gasteiger partial charge in [-0.1, -0.05) is 18.0 Å². The highest BCUT2D eigenvalue weighted by Crippen LogP contribution is 2.41. The van der Waals surface area contributed by atoms with Gasteiger partial charge in [-0.05, 0) is 50.6 Å². The summed E-state index contributed by atoms with van der Waals surface area (Å²) in [7, 11) is 0. The summed E-state index contributed by atoms with van der Waals surface area (Å²) in [5.74, 6) is 1.04. The van der Waals surface area contributed by atoms with Gasteiger partial charge < -0.3 is 31.2 Å². The molecule has 5 N–H and O–H groups in total. The van der Waals surface area contributed by atoms with Crippen LogP contribution in [0.3, 0.4) is 0 Å². The van der Waals surface area contributed by atoms with E-state index >= 15 is 0 Å². The Labute approximate surface area is 194 Å². The third-order valence-electron chi connectivity index (χ3n) is 6.00. The van der Waals surface area contributed by atoms with Gasteiger partial charge in [0, 0.05) is 35.6 Å². The Kier molecular flexibility index (Phi) is 7.13. The smallest absolute Gasteiger partial charge is 0.144 e. The Balaban J connectivity index is 1.50. The van der Waals surface area contributed by atoms with Crippen LogP contribution < -0.4 is 31.2 Å². The van der Waals surface area contributed by atoms with Crippen LogP contribution >= 0.6 is 11.6 Å². The van der Waals surface area contributed by atoms with E-state index in [1.165, 1.54) is 12.8 Å². The summed E-state index contributed by atoms with van der Waals surface area (Å²) in [5, 5.41) is 20.5. The molecular formula is C24H30ClN5O2. The molecule has 0 spiro atoms. The van der Waals surface area contributed by atoms with Gasteiger partial charge in [-0.2, -0.15) is 5.26 Å². The van der Waals surface area contributed by atoms with Gasteiger partial charge >= 0.3 is 0 Å². The molecule has 1 saturated heterocycles. The van der Waals surface area contributed by atoms with Crippen LogP contribution in [0.5, 0.6) is 11.5 Å².